The molecule has 0 aromatic rings. The molecule has 68 valence electrons. The third kappa shape index (κ3) is 1.90. The molecule has 0 bridgehead atoms. The van der Waals surface area contributed by atoms with Crippen molar-refractivity contribution in [3.63, 3.8) is 0 Å². The van der Waals surface area contributed by atoms with Crippen LogP contribution in [0.1, 0.15) is 20.8 Å². The Kier molecular flexibility index (Phi) is 3.44. The van der Waals surface area contributed by atoms with Gasteiger partial charge < -0.3 is 0 Å². The van der Waals surface area contributed by atoms with Crippen LogP contribution in [0.3, 0.4) is 0 Å². The zero-order valence-corrected chi connectivity index (χ0v) is 8.17. The second kappa shape index (κ2) is 3.49. The molecule has 0 saturated carbocycles. The van der Waals surface area contributed by atoms with Crippen molar-refractivity contribution in [1.29, 1.82) is 0 Å². The predicted octanol–water partition coefficient (Wildman–Crippen LogP) is 1.29. The van der Waals surface area contributed by atoms with E-state index >= 15 is 0 Å². The summed E-state index contributed by atoms with van der Waals surface area (Å²) >= 11 is 0. The van der Waals surface area contributed by atoms with E-state index in [9.17, 15) is 0 Å². The maximum absolute atomic E-state index is 5.09. The summed E-state index contributed by atoms with van der Waals surface area (Å²) in [5.41, 5.74) is -0.266. The molecule has 4 nitrogen and oxygen atoms in total. The first-order chi connectivity index (χ1) is 4.93. The van der Waals surface area contributed by atoms with Crippen LogP contribution in [-0.4, -0.2) is 31.8 Å². The first-order valence-corrected chi connectivity index (χ1v) is 3.50. The lowest BCUT2D eigenvalue weighted by Crippen LogP contribution is -2.57. The highest BCUT2D eigenvalue weighted by molar-refractivity contribution is 4.53. The predicted molar refractivity (Wildman–Crippen MR) is 41.0 cm³/mol. The van der Waals surface area contributed by atoms with Gasteiger partial charge in [-0.2, -0.15) is 0 Å². The van der Waals surface area contributed by atoms with Gasteiger partial charge in [-0.25, -0.2) is 0 Å². The third-order valence-electron chi connectivity index (χ3n) is 1.54. The summed E-state index contributed by atoms with van der Waals surface area (Å²) in [7, 11) is 4.62. The van der Waals surface area contributed by atoms with Gasteiger partial charge in [0.15, 0.2) is 5.54 Å². The molecule has 0 amide bonds. The highest BCUT2D eigenvalue weighted by Gasteiger charge is 2.46. The summed E-state index contributed by atoms with van der Waals surface area (Å²) in [5.74, 6) is 0. The van der Waals surface area contributed by atoms with Crippen LogP contribution in [0.25, 0.3) is 0 Å². The number of quaternary nitrogens is 1. The smallest absolute Gasteiger partial charge is 0.135 e. The van der Waals surface area contributed by atoms with Crippen LogP contribution in [0, 0.1) is 0 Å². The van der Waals surface area contributed by atoms with E-state index < -0.39 is 0 Å². The van der Waals surface area contributed by atoms with Gasteiger partial charge in [0.2, 0.25) is 0 Å². The molecule has 0 spiro atoms. The highest BCUT2D eigenvalue weighted by Crippen LogP contribution is 2.24. The topological polar surface area (TPSA) is 27.7 Å². The third-order valence-corrected chi connectivity index (χ3v) is 1.54. The summed E-state index contributed by atoms with van der Waals surface area (Å²) in [6, 6.07) is 0. The van der Waals surface area contributed by atoms with E-state index in [1.54, 1.807) is 0 Å². The van der Waals surface area contributed by atoms with E-state index in [1.165, 1.54) is 21.3 Å². The lowest BCUT2D eigenvalue weighted by molar-refractivity contribution is -1.38. The molecule has 0 unspecified atom stereocenters. The molecule has 0 aliphatic heterocycles. The van der Waals surface area contributed by atoms with Gasteiger partial charge in [0.25, 0.3) is 0 Å². The average Bonchev–Trinajstić information content (AvgIpc) is 1.90. The summed E-state index contributed by atoms with van der Waals surface area (Å²) in [6.07, 6.45) is 0. The Balaban J connectivity index is 4.54. The van der Waals surface area contributed by atoms with Crippen molar-refractivity contribution in [3.05, 3.63) is 0 Å². The van der Waals surface area contributed by atoms with Crippen molar-refractivity contribution in [2.24, 2.45) is 0 Å². The maximum atomic E-state index is 5.09. The van der Waals surface area contributed by atoms with E-state index in [4.69, 9.17) is 14.5 Å². The fourth-order valence-corrected chi connectivity index (χ4v) is 1.05. The molecule has 11 heavy (non-hydrogen) atoms. The second-order valence-corrected chi connectivity index (χ2v) is 3.22. The number of hydrogen-bond acceptors (Lipinski definition) is 3. The van der Waals surface area contributed by atoms with Gasteiger partial charge in [-0.15, -0.1) is 14.5 Å². The van der Waals surface area contributed by atoms with Crippen molar-refractivity contribution < 1.29 is 19.5 Å². The van der Waals surface area contributed by atoms with E-state index in [2.05, 4.69) is 0 Å². The molecule has 0 fully saturated rings. The first-order valence-electron chi connectivity index (χ1n) is 3.50. The minimum Gasteiger partial charge on any atom is -0.135 e. The van der Waals surface area contributed by atoms with Crippen LogP contribution in [-0.2, 0) is 14.5 Å². The van der Waals surface area contributed by atoms with E-state index in [-0.39, 0.29) is 10.5 Å². The first kappa shape index (κ1) is 10.8. The minimum absolute atomic E-state index is 0.266. The second-order valence-electron chi connectivity index (χ2n) is 3.22. The fraction of sp³-hybridized carbons (Fsp3) is 1.00. The van der Waals surface area contributed by atoms with Gasteiger partial charge in [0.05, 0.1) is 4.97 Å². The van der Waals surface area contributed by atoms with Crippen LogP contribution < -0.4 is 0 Å². The normalized spacial score (nSPS) is 13.6. The number of hydrogen-bond donors (Lipinski definition) is 0. The van der Waals surface area contributed by atoms with Crippen LogP contribution in [0.4, 0.5) is 0 Å². The van der Waals surface area contributed by atoms with Crippen LogP contribution in [0.2, 0.25) is 0 Å². The van der Waals surface area contributed by atoms with Gasteiger partial charge in [-0.3, -0.25) is 0 Å². The van der Waals surface area contributed by atoms with Gasteiger partial charge >= 0.3 is 0 Å². The Labute approximate surface area is 68.1 Å². The molecule has 0 rings (SSSR count). The molecule has 0 aromatic carbocycles. The van der Waals surface area contributed by atoms with Crippen molar-refractivity contribution in [1.82, 2.24) is 0 Å². The van der Waals surface area contributed by atoms with Crippen molar-refractivity contribution in [3.8, 4) is 0 Å². The molecule has 0 saturated heterocycles. The SMILES string of the molecule is CO[N+](OC)(OC)C(C)(C)C. The van der Waals surface area contributed by atoms with E-state index in [0.29, 0.717) is 0 Å². The van der Waals surface area contributed by atoms with Gasteiger partial charge in [-0.05, 0) is 20.8 Å². The van der Waals surface area contributed by atoms with Crippen LogP contribution in [0.15, 0.2) is 0 Å². The molecule has 4 heteroatoms. The molecule has 0 heterocycles. The van der Waals surface area contributed by atoms with Crippen LogP contribution in [0.5, 0.6) is 0 Å². The number of hydroxylamine groups is 3. The zero-order valence-electron chi connectivity index (χ0n) is 8.17. The maximum Gasteiger partial charge on any atom is 0.188 e. The van der Waals surface area contributed by atoms with Crippen molar-refractivity contribution in [2.45, 2.75) is 26.3 Å². The Hall–Kier alpha value is -0.160. The summed E-state index contributed by atoms with van der Waals surface area (Å²) in [4.78, 5) is 15.0. The quantitative estimate of drug-likeness (QED) is 0.464. The molecular weight excluding hydrogens is 146 g/mol. The monoisotopic (exact) mass is 164 g/mol. The standard InChI is InChI=1S/C7H18NO3/c1-7(2,3)8(9-4,10-5)11-6/h1-6H3/q+1. The molecule has 0 aliphatic rings. The largest absolute Gasteiger partial charge is 0.188 e. The van der Waals surface area contributed by atoms with Crippen molar-refractivity contribution in [2.75, 3.05) is 21.3 Å². The minimum atomic E-state index is -0.271. The zero-order chi connectivity index (χ0) is 9.12. The summed E-state index contributed by atoms with van der Waals surface area (Å²) in [5, 5.41) is 0. The number of nitrogens with zero attached hydrogens (tertiary/aromatic N) is 1. The van der Waals surface area contributed by atoms with E-state index in [1.807, 2.05) is 20.8 Å². The Morgan fingerprint density at radius 1 is 0.818 bits per heavy atom. The molecule has 0 atom stereocenters. The Bertz CT molecular complexity index is 107. The Morgan fingerprint density at radius 3 is 1.09 bits per heavy atom. The number of rotatable bonds is 3. The van der Waals surface area contributed by atoms with Gasteiger partial charge in [-0.1, -0.05) is 0 Å². The van der Waals surface area contributed by atoms with Gasteiger partial charge in [0.1, 0.15) is 21.3 Å². The molecule has 0 aliphatic carbocycles. The van der Waals surface area contributed by atoms with Crippen LogP contribution >= 0.6 is 0 Å². The summed E-state index contributed by atoms with van der Waals surface area (Å²) in [6.45, 7) is 5.89. The lowest BCUT2D eigenvalue weighted by atomic mass is 10.1. The Morgan fingerprint density at radius 2 is 1.09 bits per heavy atom. The summed E-state index contributed by atoms with van der Waals surface area (Å²) < 4.78 is 0. The lowest BCUT2D eigenvalue weighted by Gasteiger charge is -2.35. The molecule has 0 N–H and O–H groups in total. The highest BCUT2D eigenvalue weighted by atomic mass is 17.2. The van der Waals surface area contributed by atoms with Gasteiger partial charge in [0, 0.05) is 0 Å². The molecule has 0 radical (unpaired) electrons. The molecule has 0 aromatic heterocycles. The fourth-order valence-electron chi connectivity index (χ4n) is 1.05. The average molecular weight is 164 g/mol. The van der Waals surface area contributed by atoms with E-state index in [0.717, 1.165) is 0 Å². The van der Waals surface area contributed by atoms with Crippen molar-refractivity contribution >= 4 is 0 Å². The molecular formula is C7H18NO3+.